The fourth-order valence-electron chi connectivity index (χ4n) is 4.35. The summed E-state index contributed by atoms with van der Waals surface area (Å²) < 4.78 is 28.2. The number of aldehydes is 1. The molecule has 2 aliphatic heterocycles. The first-order chi connectivity index (χ1) is 16.7. The number of hydrogen-bond acceptors (Lipinski definition) is 7. The van der Waals surface area contributed by atoms with Crippen molar-refractivity contribution < 1.29 is 22.8 Å². The van der Waals surface area contributed by atoms with Crippen LogP contribution in [0.2, 0.25) is 0 Å². The van der Waals surface area contributed by atoms with Crippen LogP contribution < -0.4 is 26.8 Å². The molecule has 2 atom stereocenters. The number of sulfonamides is 1. The minimum atomic E-state index is -3.94. The van der Waals surface area contributed by atoms with Gasteiger partial charge in [0, 0.05) is 19.6 Å². The molecule has 2 heterocycles. The molecular formula is C22H35Cl2N7O5S. The lowest BCUT2D eigenvalue weighted by atomic mass is 10.0. The number of nitrogens with one attached hydrogen (secondary N) is 3. The number of carbonyl (C=O) groups excluding carboxylic acids is 3. The number of amides is 2. The predicted molar refractivity (Wildman–Crippen MR) is 146 cm³/mol. The van der Waals surface area contributed by atoms with Gasteiger partial charge in [-0.05, 0) is 50.2 Å². The lowest BCUT2D eigenvalue weighted by Gasteiger charge is -2.26. The van der Waals surface area contributed by atoms with Crippen molar-refractivity contribution >= 4 is 64.6 Å². The molecule has 1 fully saturated rings. The average molecular weight is 581 g/mol. The molecule has 2 aliphatic rings. The summed E-state index contributed by atoms with van der Waals surface area (Å²) in [6.07, 6.45) is 4.21. The summed E-state index contributed by atoms with van der Waals surface area (Å²) in [6, 6.07) is 3.57. The predicted octanol–water partition coefficient (Wildman–Crippen LogP) is -0.105. The van der Waals surface area contributed by atoms with Crippen LogP contribution in [0.4, 0.5) is 5.69 Å². The molecule has 12 nitrogen and oxygen atoms in total. The van der Waals surface area contributed by atoms with Gasteiger partial charge in [-0.15, -0.1) is 24.8 Å². The summed E-state index contributed by atoms with van der Waals surface area (Å²) in [5.41, 5.74) is 12.0. The van der Waals surface area contributed by atoms with Gasteiger partial charge >= 0.3 is 0 Å². The lowest BCUT2D eigenvalue weighted by molar-refractivity contribution is -0.138. The summed E-state index contributed by atoms with van der Waals surface area (Å²) in [4.78, 5) is 42.3. The molecule has 3 rings (SSSR count). The number of guanidine groups is 1. The summed E-state index contributed by atoms with van der Waals surface area (Å²) in [7, 11) is -3.94. The van der Waals surface area contributed by atoms with Crippen molar-refractivity contribution in [2.75, 3.05) is 31.5 Å². The van der Waals surface area contributed by atoms with Gasteiger partial charge in [-0.25, -0.2) is 13.1 Å². The molecule has 1 saturated heterocycles. The third-order valence-electron chi connectivity index (χ3n) is 6.08. The van der Waals surface area contributed by atoms with Gasteiger partial charge in [-0.1, -0.05) is 12.1 Å². The van der Waals surface area contributed by atoms with E-state index >= 15 is 0 Å². The Bertz CT molecular complexity index is 1080. The molecule has 1 aromatic carbocycles. The Labute approximate surface area is 229 Å². The van der Waals surface area contributed by atoms with Crippen molar-refractivity contribution in [3.63, 3.8) is 0 Å². The molecule has 0 aromatic heterocycles. The number of hydrogen-bond donors (Lipinski definition) is 5. The number of benzene rings is 1. The Morgan fingerprint density at radius 3 is 2.70 bits per heavy atom. The van der Waals surface area contributed by atoms with Crippen LogP contribution in [0.3, 0.4) is 0 Å². The monoisotopic (exact) mass is 579 g/mol. The second-order valence-corrected chi connectivity index (χ2v) is 10.3. The number of anilines is 1. The van der Waals surface area contributed by atoms with E-state index in [1.54, 1.807) is 6.07 Å². The van der Waals surface area contributed by atoms with Gasteiger partial charge in [0.15, 0.2) is 5.96 Å². The number of para-hydroxylation sites is 1. The van der Waals surface area contributed by atoms with Crippen LogP contribution in [0.5, 0.6) is 0 Å². The first kappa shape index (κ1) is 32.4. The van der Waals surface area contributed by atoms with Crippen molar-refractivity contribution in [2.45, 2.75) is 55.5 Å². The molecule has 2 amide bonds. The molecule has 0 radical (unpaired) electrons. The van der Waals surface area contributed by atoms with Gasteiger partial charge < -0.3 is 31.8 Å². The Kier molecular flexibility index (Phi) is 13.1. The van der Waals surface area contributed by atoms with Crippen molar-refractivity contribution in [3.8, 4) is 0 Å². The zero-order valence-electron chi connectivity index (χ0n) is 20.4. The molecule has 0 spiro atoms. The third-order valence-corrected chi connectivity index (χ3v) is 7.52. The molecule has 208 valence electrons. The van der Waals surface area contributed by atoms with E-state index in [9.17, 15) is 22.8 Å². The number of likely N-dealkylation sites (tertiary alicyclic amines) is 1. The van der Waals surface area contributed by atoms with Crippen LogP contribution in [0.15, 0.2) is 28.1 Å². The molecule has 7 N–H and O–H groups in total. The maximum atomic E-state index is 12.9. The van der Waals surface area contributed by atoms with Crippen molar-refractivity contribution in [3.05, 3.63) is 23.8 Å². The summed E-state index contributed by atoms with van der Waals surface area (Å²) in [5, 5.41) is 5.79. The fraction of sp³-hybridized carbons (Fsp3) is 0.545. The third kappa shape index (κ3) is 8.73. The van der Waals surface area contributed by atoms with Gasteiger partial charge in [0.25, 0.3) is 0 Å². The standard InChI is InChI=1S/C22H33N7O5S.2ClH/c23-22(24)26-11-3-7-16(14-30)28-21(32)17-8-4-12-29(17)19(31)13-27-35(33,34)18-9-1-5-15-6-2-10-25-20(15)18;;/h1,5,9,14,16-17,25,27H,2-4,6-8,10-13H2,(H,28,32)(H4,23,24,26);2*1H/t16-,17-;;/m0../s1. The Hall–Kier alpha value is -2.61. The van der Waals surface area contributed by atoms with Gasteiger partial charge in [0.1, 0.15) is 17.2 Å². The highest BCUT2D eigenvalue weighted by Gasteiger charge is 2.35. The van der Waals surface area contributed by atoms with Crippen molar-refractivity contribution in [2.24, 2.45) is 16.5 Å². The van der Waals surface area contributed by atoms with E-state index in [0.29, 0.717) is 57.3 Å². The van der Waals surface area contributed by atoms with E-state index in [-0.39, 0.29) is 35.7 Å². The second kappa shape index (κ2) is 15.0. The summed E-state index contributed by atoms with van der Waals surface area (Å²) in [5.74, 6) is -0.991. The van der Waals surface area contributed by atoms with Crippen LogP contribution in [0, 0.1) is 0 Å². The highest BCUT2D eigenvalue weighted by Crippen LogP contribution is 2.29. The minimum absolute atomic E-state index is 0. The number of aliphatic imine (C=N–C) groups is 1. The molecule has 0 unspecified atom stereocenters. The van der Waals surface area contributed by atoms with Crippen LogP contribution in [0.25, 0.3) is 0 Å². The van der Waals surface area contributed by atoms with Crippen molar-refractivity contribution in [1.29, 1.82) is 0 Å². The van der Waals surface area contributed by atoms with Gasteiger partial charge in [-0.3, -0.25) is 14.6 Å². The number of rotatable bonds is 11. The Morgan fingerprint density at radius 2 is 2.00 bits per heavy atom. The van der Waals surface area contributed by atoms with Crippen LogP contribution in [-0.4, -0.2) is 75.6 Å². The lowest BCUT2D eigenvalue weighted by Crippen LogP contribution is -2.51. The molecule has 1 aromatic rings. The van der Waals surface area contributed by atoms with E-state index in [4.69, 9.17) is 11.5 Å². The normalized spacial score (nSPS) is 17.2. The Morgan fingerprint density at radius 1 is 1.24 bits per heavy atom. The zero-order chi connectivity index (χ0) is 25.4. The molecule has 0 bridgehead atoms. The number of nitrogens with two attached hydrogens (primary N) is 2. The summed E-state index contributed by atoms with van der Waals surface area (Å²) in [6.45, 7) is 0.874. The van der Waals surface area contributed by atoms with E-state index in [2.05, 4.69) is 20.3 Å². The fourth-order valence-corrected chi connectivity index (χ4v) is 5.55. The second-order valence-electron chi connectivity index (χ2n) is 8.59. The number of aryl methyl sites for hydroxylation is 1. The maximum absolute atomic E-state index is 12.9. The number of carbonyl (C=O) groups is 3. The molecular weight excluding hydrogens is 545 g/mol. The maximum Gasteiger partial charge on any atom is 0.243 e. The number of halogens is 2. The molecule has 0 saturated carbocycles. The van der Waals surface area contributed by atoms with E-state index in [0.717, 1.165) is 18.4 Å². The molecule has 15 heteroatoms. The van der Waals surface area contributed by atoms with Gasteiger partial charge in [0.2, 0.25) is 21.8 Å². The Balaban J connectivity index is 0.00000342. The zero-order valence-corrected chi connectivity index (χ0v) is 22.8. The highest BCUT2D eigenvalue weighted by atomic mass is 35.5. The number of nitrogens with zero attached hydrogens (tertiary/aromatic N) is 2. The smallest absolute Gasteiger partial charge is 0.243 e. The van der Waals surface area contributed by atoms with Crippen molar-refractivity contribution in [1.82, 2.24) is 14.9 Å². The minimum Gasteiger partial charge on any atom is -0.384 e. The van der Waals surface area contributed by atoms with E-state index in [1.165, 1.54) is 11.0 Å². The average Bonchev–Trinajstić information content (AvgIpc) is 3.34. The van der Waals surface area contributed by atoms with Crippen LogP contribution in [0.1, 0.15) is 37.7 Å². The highest BCUT2D eigenvalue weighted by molar-refractivity contribution is 7.89. The molecule has 0 aliphatic carbocycles. The van der Waals surface area contributed by atoms with Gasteiger partial charge in [-0.2, -0.15) is 0 Å². The quantitative estimate of drug-likeness (QED) is 0.104. The first-order valence-corrected chi connectivity index (χ1v) is 13.2. The topological polar surface area (TPSA) is 189 Å². The summed E-state index contributed by atoms with van der Waals surface area (Å²) >= 11 is 0. The molecule has 37 heavy (non-hydrogen) atoms. The largest absolute Gasteiger partial charge is 0.384 e. The number of fused-ring (bicyclic) bond motifs is 1. The van der Waals surface area contributed by atoms with Gasteiger partial charge in [0.05, 0.1) is 18.3 Å². The van der Waals surface area contributed by atoms with E-state index < -0.39 is 40.5 Å². The van der Waals surface area contributed by atoms with Crippen LogP contribution >= 0.6 is 24.8 Å². The van der Waals surface area contributed by atoms with Crippen LogP contribution in [-0.2, 0) is 30.8 Å². The SMILES string of the molecule is Cl.Cl.NC(N)=NCCC[C@@H](C=O)NC(=O)[C@@H]1CCCN1C(=O)CNS(=O)(=O)c1cccc2c1NCCC2. The van der Waals surface area contributed by atoms with E-state index in [1.807, 2.05) is 6.07 Å². The first-order valence-electron chi connectivity index (χ1n) is 11.7.